The van der Waals surface area contributed by atoms with E-state index in [4.69, 9.17) is 14.2 Å². The Morgan fingerprint density at radius 2 is 1.80 bits per heavy atom. The maximum atomic E-state index is 14.8. The SMILES string of the molecule is C=CCCC(=O)N(C)[C@@H](C)[C@@H](OC(=O)[C@@H]1[C@@H]2CC[C@]3(O2)[C@H](C(=O)N(CC=C)c2ccc(OC)cc2)N(CCCCCO)C(=O)[C@@H]13)c1ccccc1. The van der Waals surface area contributed by atoms with E-state index < -0.39 is 47.7 Å². The van der Waals surface area contributed by atoms with Crippen molar-refractivity contribution in [2.24, 2.45) is 11.8 Å². The molecule has 3 fully saturated rings. The van der Waals surface area contributed by atoms with Crippen molar-refractivity contribution in [2.45, 2.75) is 81.8 Å². The normalized spacial score (nSPS) is 24.4. The first kappa shape index (κ1) is 37.8. The summed E-state index contributed by atoms with van der Waals surface area (Å²) in [6.45, 7) is 9.93. The number of aliphatic hydroxyl groups is 1. The summed E-state index contributed by atoms with van der Waals surface area (Å²) in [6, 6.07) is 14.9. The van der Waals surface area contributed by atoms with Gasteiger partial charge >= 0.3 is 5.97 Å². The molecule has 2 bridgehead atoms. The van der Waals surface area contributed by atoms with E-state index in [-0.39, 0.29) is 43.8 Å². The monoisotopic (exact) mass is 701 g/mol. The highest BCUT2D eigenvalue weighted by Crippen LogP contribution is 2.59. The van der Waals surface area contributed by atoms with Crippen molar-refractivity contribution in [2.75, 3.05) is 38.8 Å². The summed E-state index contributed by atoms with van der Waals surface area (Å²) in [5.41, 5.74) is 0.107. The maximum Gasteiger partial charge on any atom is 0.313 e. The second kappa shape index (κ2) is 16.7. The van der Waals surface area contributed by atoms with Gasteiger partial charge in [0.05, 0.1) is 31.1 Å². The first-order chi connectivity index (χ1) is 24.6. The number of hydrogen-bond acceptors (Lipinski definition) is 8. The van der Waals surface area contributed by atoms with Crippen LogP contribution in [0.1, 0.15) is 63.5 Å². The van der Waals surface area contributed by atoms with Crippen molar-refractivity contribution >= 4 is 29.4 Å². The first-order valence-corrected chi connectivity index (χ1v) is 17.9. The number of benzene rings is 2. The van der Waals surface area contributed by atoms with Gasteiger partial charge in [-0.25, -0.2) is 0 Å². The van der Waals surface area contributed by atoms with Gasteiger partial charge < -0.3 is 34.0 Å². The van der Waals surface area contributed by atoms with Gasteiger partial charge in [0, 0.05) is 38.9 Å². The fourth-order valence-corrected chi connectivity index (χ4v) is 8.00. The Morgan fingerprint density at radius 1 is 1.08 bits per heavy atom. The molecule has 2 aromatic carbocycles. The molecule has 7 atom stereocenters. The zero-order valence-corrected chi connectivity index (χ0v) is 29.9. The zero-order valence-electron chi connectivity index (χ0n) is 29.9. The standard InChI is InChI=1S/C40H51N3O8/c1-6-8-17-32(45)41(4)27(3)35(28-15-11-9-12-16-28)50-39(48)33-31-22-23-40(51-31)34(33)37(46)43(25-13-10-14-26-44)36(40)38(47)42(24-7-2)29-18-20-30(49-5)21-19-29/h6-7,9,11-12,15-16,18-21,27,31,33-36,44H,1-2,8,10,13-14,17,22-26H2,3-5H3/t27-,31-,33+,34+,35+,36-,40+/m0/s1. The van der Waals surface area contributed by atoms with Crippen molar-refractivity contribution in [1.29, 1.82) is 0 Å². The molecule has 11 nitrogen and oxygen atoms in total. The first-order valence-electron chi connectivity index (χ1n) is 17.9. The number of nitrogens with zero attached hydrogens (tertiary/aromatic N) is 3. The third-order valence-electron chi connectivity index (χ3n) is 10.7. The summed E-state index contributed by atoms with van der Waals surface area (Å²) in [4.78, 5) is 61.6. The van der Waals surface area contributed by atoms with Crippen LogP contribution in [0, 0.1) is 11.8 Å². The minimum Gasteiger partial charge on any atom is -0.497 e. The molecule has 5 rings (SSSR count). The summed E-state index contributed by atoms with van der Waals surface area (Å²) < 4.78 is 18.3. The molecule has 0 aromatic heterocycles. The van der Waals surface area contributed by atoms with Gasteiger partial charge in [-0.3, -0.25) is 19.2 Å². The molecule has 2 aromatic rings. The predicted octanol–water partition coefficient (Wildman–Crippen LogP) is 4.85. The highest BCUT2D eigenvalue weighted by atomic mass is 16.6. The van der Waals surface area contributed by atoms with Gasteiger partial charge in [-0.05, 0) is 75.3 Å². The van der Waals surface area contributed by atoms with Gasteiger partial charge in [0.15, 0.2) is 0 Å². The van der Waals surface area contributed by atoms with Crippen molar-refractivity contribution in [3.8, 4) is 5.75 Å². The number of ether oxygens (including phenoxy) is 3. The van der Waals surface area contributed by atoms with Crippen molar-refractivity contribution in [1.82, 2.24) is 9.80 Å². The van der Waals surface area contributed by atoms with Gasteiger partial charge in [-0.1, -0.05) is 42.5 Å². The molecule has 1 N–H and O–H groups in total. The Bertz CT molecular complexity index is 1570. The van der Waals surface area contributed by atoms with E-state index in [1.165, 1.54) is 0 Å². The Morgan fingerprint density at radius 3 is 2.45 bits per heavy atom. The fourth-order valence-electron chi connectivity index (χ4n) is 8.00. The summed E-state index contributed by atoms with van der Waals surface area (Å²) in [6.07, 6.45) is 5.44. The molecule has 3 aliphatic heterocycles. The number of aliphatic hydroxyl groups excluding tert-OH is 1. The Kier molecular flexibility index (Phi) is 12.4. The Labute approximate surface area is 300 Å². The van der Waals surface area contributed by atoms with Gasteiger partial charge in [-0.2, -0.15) is 0 Å². The summed E-state index contributed by atoms with van der Waals surface area (Å²) >= 11 is 0. The molecule has 3 amide bonds. The third-order valence-corrected chi connectivity index (χ3v) is 10.7. The lowest BCUT2D eigenvalue weighted by molar-refractivity contribution is -0.164. The van der Waals surface area contributed by atoms with Crippen LogP contribution in [-0.2, 0) is 28.7 Å². The van der Waals surface area contributed by atoms with Crippen LogP contribution in [0.2, 0.25) is 0 Å². The predicted molar refractivity (Wildman–Crippen MR) is 193 cm³/mol. The summed E-state index contributed by atoms with van der Waals surface area (Å²) in [5.74, 6) is -2.53. The van der Waals surface area contributed by atoms with Gasteiger partial charge in [0.25, 0.3) is 5.91 Å². The fraction of sp³-hybridized carbons (Fsp3) is 0.500. The van der Waals surface area contributed by atoms with Crippen LogP contribution in [0.3, 0.4) is 0 Å². The minimum atomic E-state index is -1.23. The number of likely N-dealkylation sites (N-methyl/N-ethyl adjacent to an activating group) is 1. The molecule has 1 spiro atoms. The topological polar surface area (TPSA) is 126 Å². The highest BCUT2D eigenvalue weighted by Gasteiger charge is 2.75. The number of carbonyl (C=O) groups excluding carboxylic acids is 4. The smallest absolute Gasteiger partial charge is 0.313 e. The average Bonchev–Trinajstić information content (AvgIpc) is 3.80. The van der Waals surface area contributed by atoms with Crippen LogP contribution in [0.15, 0.2) is 79.9 Å². The largest absolute Gasteiger partial charge is 0.497 e. The lowest BCUT2D eigenvalue weighted by Gasteiger charge is -2.37. The van der Waals surface area contributed by atoms with Gasteiger partial charge in [-0.15, -0.1) is 13.2 Å². The minimum absolute atomic E-state index is 0.0300. The van der Waals surface area contributed by atoms with Crippen molar-refractivity contribution in [3.63, 3.8) is 0 Å². The average molecular weight is 702 g/mol. The molecule has 0 radical (unpaired) electrons. The molecule has 11 heteroatoms. The van der Waals surface area contributed by atoms with Crippen LogP contribution in [-0.4, -0.2) is 96.2 Å². The van der Waals surface area contributed by atoms with Crippen LogP contribution in [0.25, 0.3) is 0 Å². The number of carbonyl (C=O) groups is 4. The molecule has 0 aliphatic carbocycles. The van der Waals surface area contributed by atoms with E-state index >= 15 is 0 Å². The molecule has 0 saturated carbocycles. The third kappa shape index (κ3) is 7.46. The van der Waals surface area contributed by atoms with E-state index in [1.807, 2.05) is 37.3 Å². The number of esters is 1. The number of unbranched alkanes of at least 4 members (excludes halogenated alkanes) is 2. The maximum absolute atomic E-state index is 14.8. The molecule has 274 valence electrons. The van der Waals surface area contributed by atoms with Crippen LogP contribution in [0.5, 0.6) is 5.75 Å². The van der Waals surface area contributed by atoms with Crippen LogP contribution >= 0.6 is 0 Å². The second-order valence-electron chi connectivity index (χ2n) is 13.6. The number of methoxy groups -OCH3 is 1. The van der Waals surface area contributed by atoms with Crippen LogP contribution < -0.4 is 9.64 Å². The van der Waals surface area contributed by atoms with E-state index in [2.05, 4.69) is 13.2 Å². The van der Waals surface area contributed by atoms with E-state index in [0.717, 1.165) is 5.56 Å². The van der Waals surface area contributed by atoms with Gasteiger partial charge in [0.2, 0.25) is 11.8 Å². The highest BCUT2D eigenvalue weighted by molar-refractivity contribution is 6.04. The zero-order chi connectivity index (χ0) is 36.7. The molecule has 3 heterocycles. The van der Waals surface area contributed by atoms with Gasteiger partial charge in [0.1, 0.15) is 23.5 Å². The number of fused-ring (bicyclic) bond motifs is 1. The molecular weight excluding hydrogens is 650 g/mol. The number of amides is 3. The van der Waals surface area contributed by atoms with E-state index in [0.29, 0.717) is 50.0 Å². The lowest BCUT2D eigenvalue weighted by atomic mass is 9.70. The lowest BCUT2D eigenvalue weighted by Crippen LogP contribution is -2.56. The Hall–Kier alpha value is -4.48. The number of anilines is 1. The number of hydrogen-bond donors (Lipinski definition) is 1. The molecule has 3 aliphatic rings. The second-order valence-corrected chi connectivity index (χ2v) is 13.6. The summed E-state index contributed by atoms with van der Waals surface area (Å²) in [7, 11) is 3.26. The Balaban J connectivity index is 1.48. The van der Waals surface area contributed by atoms with E-state index in [1.54, 1.807) is 65.3 Å². The molecule has 51 heavy (non-hydrogen) atoms. The summed E-state index contributed by atoms with van der Waals surface area (Å²) in [5, 5.41) is 9.40. The number of rotatable bonds is 18. The quantitative estimate of drug-likeness (QED) is 0.133. The van der Waals surface area contributed by atoms with E-state index in [9.17, 15) is 24.3 Å². The van der Waals surface area contributed by atoms with Crippen LogP contribution in [0.4, 0.5) is 5.69 Å². The molecule has 3 saturated heterocycles. The number of allylic oxidation sites excluding steroid dienone is 1. The number of likely N-dealkylation sites (tertiary alicyclic amines) is 1. The molecular formula is C40H51N3O8. The van der Waals surface area contributed by atoms with Crippen molar-refractivity contribution in [3.05, 3.63) is 85.5 Å². The van der Waals surface area contributed by atoms with Crippen molar-refractivity contribution < 1.29 is 38.5 Å². The molecule has 0 unspecified atom stereocenters.